The Morgan fingerprint density at radius 3 is 2.24 bits per heavy atom. The maximum absolute atomic E-state index is 14.7. The van der Waals surface area contributed by atoms with Gasteiger partial charge in [-0.25, -0.2) is 12.8 Å². The Morgan fingerprint density at radius 2 is 1.59 bits per heavy atom. The van der Waals surface area contributed by atoms with E-state index in [1.54, 1.807) is 30.3 Å². The fourth-order valence-electron chi connectivity index (χ4n) is 6.09. The van der Waals surface area contributed by atoms with Gasteiger partial charge in [0.25, 0.3) is 10.0 Å². The molecule has 1 saturated carbocycles. The standard InChI is InChI=1S/C38H41ClFN3O5S/c1-27-13-20-33(21-14-27)49(46,47)43(34-24-30(39)17-22-36(34)48-2)26-37(44)42(25-29-15-18-31(40)19-16-29)35(23-28-9-5-3-6-10-28)38(45)41-32-11-7-4-8-12-32/h3,5-6,9-10,13-22,24,32,35H,4,7-8,11-12,23,25-26H2,1-2H3,(H,41,45)/t35-/m0/s1. The molecule has 0 saturated heterocycles. The summed E-state index contributed by atoms with van der Waals surface area (Å²) in [6.07, 6.45) is 4.96. The van der Waals surface area contributed by atoms with Gasteiger partial charge in [0.05, 0.1) is 17.7 Å². The second-order valence-corrected chi connectivity index (χ2v) is 14.6. The summed E-state index contributed by atoms with van der Waals surface area (Å²) in [5.41, 5.74) is 2.33. The van der Waals surface area contributed by atoms with E-state index in [-0.39, 0.29) is 46.3 Å². The predicted molar refractivity (Wildman–Crippen MR) is 190 cm³/mol. The Kier molecular flexibility index (Phi) is 12.0. The molecule has 0 bridgehead atoms. The molecular formula is C38H41ClFN3O5S. The molecule has 2 amide bonds. The molecule has 49 heavy (non-hydrogen) atoms. The van der Waals surface area contributed by atoms with Crippen LogP contribution in [0.25, 0.3) is 0 Å². The lowest BCUT2D eigenvalue weighted by molar-refractivity contribution is -0.140. The molecule has 4 aromatic carbocycles. The van der Waals surface area contributed by atoms with Crippen LogP contribution in [0.1, 0.15) is 48.8 Å². The van der Waals surface area contributed by atoms with Gasteiger partial charge in [-0.05, 0) is 73.4 Å². The summed E-state index contributed by atoms with van der Waals surface area (Å²) in [7, 11) is -2.96. The Labute approximate surface area is 292 Å². The van der Waals surface area contributed by atoms with E-state index in [0.29, 0.717) is 5.56 Å². The number of ether oxygens (including phenoxy) is 1. The lowest BCUT2D eigenvalue weighted by atomic mass is 9.94. The van der Waals surface area contributed by atoms with Crippen LogP contribution in [0.4, 0.5) is 10.1 Å². The third-order valence-electron chi connectivity index (χ3n) is 8.79. The summed E-state index contributed by atoms with van der Waals surface area (Å²) in [6.45, 7) is 1.10. The van der Waals surface area contributed by atoms with Crippen LogP contribution < -0.4 is 14.4 Å². The molecule has 1 atom stereocenters. The molecule has 0 radical (unpaired) electrons. The van der Waals surface area contributed by atoms with Crippen LogP contribution in [0.15, 0.2) is 102 Å². The second-order valence-electron chi connectivity index (χ2n) is 12.3. The molecule has 0 aliphatic heterocycles. The van der Waals surface area contributed by atoms with E-state index < -0.39 is 34.3 Å². The first-order valence-electron chi connectivity index (χ1n) is 16.4. The van der Waals surface area contributed by atoms with Crippen molar-refractivity contribution in [3.63, 3.8) is 0 Å². The zero-order chi connectivity index (χ0) is 35.0. The predicted octanol–water partition coefficient (Wildman–Crippen LogP) is 7.08. The number of methoxy groups -OCH3 is 1. The van der Waals surface area contributed by atoms with E-state index in [4.69, 9.17) is 16.3 Å². The van der Waals surface area contributed by atoms with Gasteiger partial charge in [0.1, 0.15) is 24.2 Å². The summed E-state index contributed by atoms with van der Waals surface area (Å²) in [4.78, 5) is 30.3. The van der Waals surface area contributed by atoms with E-state index in [2.05, 4.69) is 5.32 Å². The zero-order valence-electron chi connectivity index (χ0n) is 27.6. The number of nitrogens with one attached hydrogen (secondary N) is 1. The van der Waals surface area contributed by atoms with Crippen molar-refractivity contribution >= 4 is 39.1 Å². The third kappa shape index (κ3) is 9.19. The van der Waals surface area contributed by atoms with Crippen LogP contribution in [-0.4, -0.2) is 50.9 Å². The molecule has 0 unspecified atom stereocenters. The van der Waals surface area contributed by atoms with Crippen molar-refractivity contribution in [2.45, 2.75) is 69.0 Å². The minimum atomic E-state index is -4.36. The first-order chi connectivity index (χ1) is 23.5. The first-order valence-corrected chi connectivity index (χ1v) is 18.2. The number of rotatable bonds is 13. The smallest absolute Gasteiger partial charge is 0.264 e. The van der Waals surface area contributed by atoms with Crippen LogP contribution in [0, 0.1) is 12.7 Å². The number of carbonyl (C=O) groups excluding carboxylic acids is 2. The molecular weight excluding hydrogens is 665 g/mol. The van der Waals surface area contributed by atoms with Gasteiger partial charge in [0, 0.05) is 24.0 Å². The van der Waals surface area contributed by atoms with Crippen LogP contribution in [0.5, 0.6) is 5.75 Å². The van der Waals surface area contributed by atoms with Gasteiger partial charge in [-0.1, -0.05) is 91.0 Å². The third-order valence-corrected chi connectivity index (χ3v) is 10.8. The van der Waals surface area contributed by atoms with E-state index in [1.165, 1.54) is 48.4 Å². The highest BCUT2D eigenvalue weighted by molar-refractivity contribution is 7.92. The molecule has 5 rings (SSSR count). The monoisotopic (exact) mass is 705 g/mol. The number of amides is 2. The van der Waals surface area contributed by atoms with Gasteiger partial charge in [0.2, 0.25) is 11.8 Å². The van der Waals surface area contributed by atoms with E-state index >= 15 is 0 Å². The molecule has 0 aromatic heterocycles. The van der Waals surface area contributed by atoms with Crippen molar-refractivity contribution in [2.24, 2.45) is 0 Å². The van der Waals surface area contributed by atoms with Gasteiger partial charge in [-0.2, -0.15) is 0 Å². The van der Waals surface area contributed by atoms with Crippen molar-refractivity contribution in [1.29, 1.82) is 0 Å². The highest BCUT2D eigenvalue weighted by Crippen LogP contribution is 2.35. The normalized spacial score (nSPS) is 14.1. The molecule has 11 heteroatoms. The van der Waals surface area contributed by atoms with Gasteiger partial charge < -0.3 is 15.0 Å². The van der Waals surface area contributed by atoms with Crippen molar-refractivity contribution in [1.82, 2.24) is 10.2 Å². The fraction of sp³-hybridized carbons (Fsp3) is 0.316. The lowest BCUT2D eigenvalue weighted by Gasteiger charge is -2.35. The van der Waals surface area contributed by atoms with E-state index in [9.17, 15) is 22.4 Å². The highest BCUT2D eigenvalue weighted by Gasteiger charge is 2.36. The Hall–Kier alpha value is -4.41. The van der Waals surface area contributed by atoms with Gasteiger partial charge >= 0.3 is 0 Å². The van der Waals surface area contributed by atoms with Crippen LogP contribution in [0.2, 0.25) is 5.02 Å². The van der Waals surface area contributed by atoms with E-state index in [0.717, 1.165) is 47.5 Å². The lowest BCUT2D eigenvalue weighted by Crippen LogP contribution is -2.55. The molecule has 1 N–H and O–H groups in total. The summed E-state index contributed by atoms with van der Waals surface area (Å²) in [5, 5.41) is 3.42. The summed E-state index contributed by atoms with van der Waals surface area (Å²) in [6, 6.07) is 24.8. The number of halogens is 2. The minimum Gasteiger partial charge on any atom is -0.495 e. The molecule has 4 aromatic rings. The number of benzene rings is 4. The molecule has 8 nitrogen and oxygen atoms in total. The van der Waals surface area contributed by atoms with Gasteiger partial charge in [-0.3, -0.25) is 13.9 Å². The molecule has 0 heterocycles. The number of carbonyl (C=O) groups is 2. The SMILES string of the molecule is COc1ccc(Cl)cc1N(CC(=O)N(Cc1ccc(F)cc1)[C@@H](Cc1ccccc1)C(=O)NC1CCCCC1)S(=O)(=O)c1ccc(C)cc1. The number of nitrogens with zero attached hydrogens (tertiary/aromatic N) is 2. The molecule has 258 valence electrons. The van der Waals surface area contributed by atoms with Crippen molar-refractivity contribution in [2.75, 3.05) is 18.0 Å². The summed E-state index contributed by atoms with van der Waals surface area (Å²) >= 11 is 6.37. The molecule has 1 fully saturated rings. The molecule has 0 spiro atoms. The molecule has 1 aliphatic rings. The average molecular weight is 706 g/mol. The van der Waals surface area contributed by atoms with Crippen molar-refractivity contribution < 1.29 is 27.1 Å². The van der Waals surface area contributed by atoms with Crippen molar-refractivity contribution in [3.05, 3.63) is 125 Å². The zero-order valence-corrected chi connectivity index (χ0v) is 29.2. The average Bonchev–Trinajstić information content (AvgIpc) is 3.10. The highest BCUT2D eigenvalue weighted by atomic mass is 35.5. The maximum Gasteiger partial charge on any atom is 0.264 e. The number of hydrogen-bond donors (Lipinski definition) is 1. The number of aryl methyl sites for hydroxylation is 1. The Balaban J connectivity index is 1.60. The van der Waals surface area contributed by atoms with Crippen LogP contribution >= 0.6 is 11.6 Å². The van der Waals surface area contributed by atoms with Gasteiger partial charge in [0.15, 0.2) is 0 Å². The van der Waals surface area contributed by atoms with Crippen molar-refractivity contribution in [3.8, 4) is 5.75 Å². The first kappa shape index (κ1) is 35.9. The van der Waals surface area contributed by atoms with Gasteiger partial charge in [-0.15, -0.1) is 0 Å². The van der Waals surface area contributed by atoms with Crippen LogP contribution in [-0.2, 0) is 32.6 Å². The quantitative estimate of drug-likeness (QED) is 0.160. The Morgan fingerprint density at radius 1 is 0.918 bits per heavy atom. The fourth-order valence-corrected chi connectivity index (χ4v) is 7.68. The topological polar surface area (TPSA) is 96.0 Å². The number of anilines is 1. The largest absolute Gasteiger partial charge is 0.495 e. The number of hydrogen-bond acceptors (Lipinski definition) is 5. The Bertz CT molecular complexity index is 1830. The number of sulfonamides is 1. The second kappa shape index (κ2) is 16.3. The molecule has 1 aliphatic carbocycles. The van der Waals surface area contributed by atoms with E-state index in [1.807, 2.05) is 37.3 Å². The summed E-state index contributed by atoms with van der Waals surface area (Å²) in [5.74, 6) is -1.23. The van der Waals surface area contributed by atoms with Crippen LogP contribution in [0.3, 0.4) is 0 Å². The maximum atomic E-state index is 14.7. The summed E-state index contributed by atoms with van der Waals surface area (Å²) < 4.78 is 49.2. The minimum absolute atomic E-state index is 0.0311.